The molecule has 2 N–H and O–H groups in total. The number of anilines is 1. The van der Waals surface area contributed by atoms with Crippen LogP contribution in [-0.2, 0) is 16.1 Å². The summed E-state index contributed by atoms with van der Waals surface area (Å²) in [6.07, 6.45) is 8.90. The third-order valence-corrected chi connectivity index (χ3v) is 3.59. The molecule has 100 valence electrons. The zero-order chi connectivity index (χ0) is 13.0. The van der Waals surface area contributed by atoms with E-state index < -0.39 is 0 Å². The molecule has 0 radical (unpaired) electrons. The van der Waals surface area contributed by atoms with E-state index in [2.05, 4.69) is 12.0 Å². The van der Waals surface area contributed by atoms with E-state index in [-0.39, 0.29) is 18.6 Å². The van der Waals surface area contributed by atoms with Gasteiger partial charge in [-0.1, -0.05) is 13.3 Å². The number of carbonyl (C=O) groups excluding carboxylic acids is 1. The zero-order valence-corrected chi connectivity index (χ0v) is 10.8. The van der Waals surface area contributed by atoms with Crippen LogP contribution in [0.4, 0.5) is 5.69 Å². The van der Waals surface area contributed by atoms with Gasteiger partial charge in [-0.05, 0) is 31.6 Å². The molecule has 1 aliphatic carbocycles. The summed E-state index contributed by atoms with van der Waals surface area (Å²) in [6, 6.07) is 0. The van der Waals surface area contributed by atoms with Crippen molar-refractivity contribution in [3.8, 4) is 0 Å². The van der Waals surface area contributed by atoms with E-state index in [1.165, 1.54) is 23.7 Å². The van der Waals surface area contributed by atoms with Crippen molar-refractivity contribution >= 4 is 11.7 Å². The highest BCUT2D eigenvalue weighted by Crippen LogP contribution is 2.29. The Hall–Kier alpha value is -1.52. The van der Waals surface area contributed by atoms with E-state index in [1.54, 1.807) is 6.20 Å². The van der Waals surface area contributed by atoms with Gasteiger partial charge in [-0.15, -0.1) is 0 Å². The molecule has 5 nitrogen and oxygen atoms in total. The lowest BCUT2D eigenvalue weighted by Gasteiger charge is -2.30. The molecule has 0 bridgehead atoms. The average Bonchev–Trinajstić information content (AvgIpc) is 2.75. The van der Waals surface area contributed by atoms with E-state index in [4.69, 9.17) is 10.5 Å². The van der Waals surface area contributed by atoms with Crippen LogP contribution in [0.1, 0.15) is 39.0 Å². The molecular formula is C13H21N3O2. The van der Waals surface area contributed by atoms with Crippen molar-refractivity contribution in [1.82, 2.24) is 9.78 Å². The topological polar surface area (TPSA) is 70.1 Å². The molecular weight excluding hydrogens is 230 g/mol. The number of nitrogens with zero attached hydrogens (tertiary/aromatic N) is 2. The molecule has 0 saturated heterocycles. The Bertz CT molecular complexity index is 403. The van der Waals surface area contributed by atoms with Gasteiger partial charge in [0.2, 0.25) is 0 Å². The fourth-order valence-electron chi connectivity index (χ4n) is 2.60. The van der Waals surface area contributed by atoms with Gasteiger partial charge in [0, 0.05) is 6.20 Å². The molecule has 2 unspecified atom stereocenters. The number of nitrogens with two attached hydrogens (primary N) is 1. The Kier molecular flexibility index (Phi) is 4.23. The Labute approximate surface area is 107 Å². The van der Waals surface area contributed by atoms with Crippen LogP contribution in [0, 0.1) is 5.92 Å². The van der Waals surface area contributed by atoms with E-state index in [9.17, 15) is 4.79 Å². The molecule has 0 aromatic carbocycles. The largest absolute Gasteiger partial charge is 0.461 e. The van der Waals surface area contributed by atoms with Crippen molar-refractivity contribution in [3.05, 3.63) is 12.4 Å². The number of carbonyl (C=O) groups is 1. The molecule has 0 spiro atoms. The summed E-state index contributed by atoms with van der Waals surface area (Å²) in [4.78, 5) is 11.8. The standard InChI is InChI=1S/C13H21N3O2/c1-2-10-5-3-4-6-12(10)18-13(17)9-16-8-11(14)7-15-16/h7-8,10,12H,2-6,9,14H2,1H3. The van der Waals surface area contributed by atoms with Gasteiger partial charge in [-0.3, -0.25) is 9.48 Å². The molecule has 1 aliphatic rings. The van der Waals surface area contributed by atoms with Crippen molar-refractivity contribution in [2.24, 2.45) is 5.92 Å². The van der Waals surface area contributed by atoms with Gasteiger partial charge in [0.1, 0.15) is 12.6 Å². The van der Waals surface area contributed by atoms with E-state index in [0.717, 1.165) is 19.3 Å². The molecule has 1 saturated carbocycles. The number of ether oxygens (including phenoxy) is 1. The monoisotopic (exact) mass is 251 g/mol. The molecule has 1 aromatic heterocycles. The van der Waals surface area contributed by atoms with Crippen LogP contribution in [-0.4, -0.2) is 21.9 Å². The van der Waals surface area contributed by atoms with E-state index in [0.29, 0.717) is 11.6 Å². The zero-order valence-electron chi connectivity index (χ0n) is 10.8. The summed E-state index contributed by atoms with van der Waals surface area (Å²) in [5, 5.41) is 3.98. The number of hydrogen-bond donors (Lipinski definition) is 1. The quantitative estimate of drug-likeness (QED) is 0.831. The second kappa shape index (κ2) is 5.89. The highest BCUT2D eigenvalue weighted by molar-refractivity contribution is 5.69. The molecule has 0 amide bonds. The van der Waals surface area contributed by atoms with Crippen LogP contribution >= 0.6 is 0 Å². The van der Waals surface area contributed by atoms with Crippen LogP contribution in [0.5, 0.6) is 0 Å². The lowest BCUT2D eigenvalue weighted by Crippen LogP contribution is -2.31. The van der Waals surface area contributed by atoms with Crippen molar-refractivity contribution in [1.29, 1.82) is 0 Å². The summed E-state index contributed by atoms with van der Waals surface area (Å²) >= 11 is 0. The fraction of sp³-hybridized carbons (Fsp3) is 0.692. The smallest absolute Gasteiger partial charge is 0.328 e. The molecule has 2 atom stereocenters. The first-order chi connectivity index (χ1) is 8.69. The SMILES string of the molecule is CCC1CCCCC1OC(=O)Cn1cc(N)cn1. The Morgan fingerprint density at radius 3 is 3.00 bits per heavy atom. The highest BCUT2D eigenvalue weighted by atomic mass is 16.5. The van der Waals surface area contributed by atoms with E-state index >= 15 is 0 Å². The van der Waals surface area contributed by atoms with E-state index in [1.807, 2.05) is 0 Å². The number of nitrogen functional groups attached to an aromatic ring is 1. The number of aromatic nitrogens is 2. The molecule has 2 rings (SSSR count). The molecule has 1 heterocycles. The minimum absolute atomic E-state index is 0.0872. The first kappa shape index (κ1) is 12.9. The normalized spacial score (nSPS) is 23.8. The maximum Gasteiger partial charge on any atom is 0.328 e. The maximum absolute atomic E-state index is 11.8. The third-order valence-electron chi connectivity index (χ3n) is 3.59. The summed E-state index contributed by atoms with van der Waals surface area (Å²) in [5.41, 5.74) is 6.11. The maximum atomic E-state index is 11.8. The first-order valence-electron chi connectivity index (χ1n) is 6.66. The molecule has 1 fully saturated rings. The molecule has 18 heavy (non-hydrogen) atoms. The van der Waals surface area contributed by atoms with Crippen molar-refractivity contribution in [3.63, 3.8) is 0 Å². The Morgan fingerprint density at radius 1 is 1.56 bits per heavy atom. The minimum Gasteiger partial charge on any atom is -0.461 e. The Morgan fingerprint density at radius 2 is 2.33 bits per heavy atom. The van der Waals surface area contributed by atoms with Crippen molar-refractivity contribution in [2.45, 2.75) is 51.7 Å². The molecule has 1 aromatic rings. The highest BCUT2D eigenvalue weighted by Gasteiger charge is 2.26. The fourth-order valence-corrected chi connectivity index (χ4v) is 2.60. The second-order valence-electron chi connectivity index (χ2n) is 4.95. The van der Waals surface area contributed by atoms with Gasteiger partial charge in [0.15, 0.2) is 0 Å². The first-order valence-corrected chi connectivity index (χ1v) is 6.66. The molecule has 5 heteroatoms. The molecule has 0 aliphatic heterocycles. The Balaban J connectivity index is 1.86. The lowest BCUT2D eigenvalue weighted by atomic mass is 9.85. The van der Waals surface area contributed by atoms with Crippen LogP contribution in [0.15, 0.2) is 12.4 Å². The predicted molar refractivity (Wildman–Crippen MR) is 68.8 cm³/mol. The van der Waals surface area contributed by atoms with Gasteiger partial charge >= 0.3 is 5.97 Å². The van der Waals surface area contributed by atoms with Gasteiger partial charge in [-0.2, -0.15) is 5.10 Å². The number of rotatable bonds is 4. The predicted octanol–water partition coefficient (Wildman–Crippen LogP) is 1.98. The number of esters is 1. The third kappa shape index (κ3) is 3.24. The summed E-state index contributed by atoms with van der Waals surface area (Å²) in [5.74, 6) is 0.300. The van der Waals surface area contributed by atoms with Crippen LogP contribution in [0.3, 0.4) is 0 Å². The van der Waals surface area contributed by atoms with Crippen molar-refractivity contribution < 1.29 is 9.53 Å². The second-order valence-corrected chi connectivity index (χ2v) is 4.95. The lowest BCUT2D eigenvalue weighted by molar-refractivity contribution is -0.154. The van der Waals surface area contributed by atoms with Crippen LogP contribution in [0.2, 0.25) is 0 Å². The van der Waals surface area contributed by atoms with Gasteiger partial charge in [0.25, 0.3) is 0 Å². The number of hydrogen-bond acceptors (Lipinski definition) is 4. The average molecular weight is 251 g/mol. The van der Waals surface area contributed by atoms with Crippen LogP contribution < -0.4 is 5.73 Å². The minimum atomic E-state index is -0.219. The van der Waals surface area contributed by atoms with Crippen LogP contribution in [0.25, 0.3) is 0 Å². The summed E-state index contributed by atoms with van der Waals surface area (Å²) < 4.78 is 7.08. The van der Waals surface area contributed by atoms with Gasteiger partial charge < -0.3 is 10.5 Å². The summed E-state index contributed by atoms with van der Waals surface area (Å²) in [6.45, 7) is 2.30. The summed E-state index contributed by atoms with van der Waals surface area (Å²) in [7, 11) is 0. The van der Waals surface area contributed by atoms with Gasteiger partial charge in [0.05, 0.1) is 11.9 Å². The van der Waals surface area contributed by atoms with Gasteiger partial charge in [-0.25, -0.2) is 0 Å². The van der Waals surface area contributed by atoms with Crippen molar-refractivity contribution in [2.75, 3.05) is 5.73 Å².